The topological polar surface area (TPSA) is 16.4 Å². The lowest BCUT2D eigenvalue weighted by Gasteiger charge is -2.34. The van der Waals surface area contributed by atoms with Crippen molar-refractivity contribution in [2.75, 3.05) is 4.90 Å². The third-order valence-electron chi connectivity index (χ3n) is 13.8. The maximum atomic E-state index is 6.65. The molecule has 0 aliphatic heterocycles. The SMILES string of the molecule is c1ccc(-c2ccc(N(c3ccc(-c4cc5ccccc5c5c4ccc4c6ccccc6oc45)cc3)c3ccc(C4(c5ccccc5)c5ccccc5-c5ccccc54)cc3)cc2)cc1. The number of nitrogens with zero attached hydrogens (tertiary/aromatic N) is 1. The van der Waals surface area contributed by atoms with Gasteiger partial charge in [0.05, 0.1) is 5.41 Å². The Labute approximate surface area is 377 Å². The molecule has 0 saturated carbocycles. The zero-order valence-corrected chi connectivity index (χ0v) is 35.5. The molecule has 0 atom stereocenters. The molecule has 1 aliphatic rings. The van der Waals surface area contributed by atoms with Crippen molar-refractivity contribution in [1.29, 1.82) is 0 Å². The number of hydrogen-bond donors (Lipinski definition) is 0. The summed E-state index contributed by atoms with van der Waals surface area (Å²) in [4.78, 5) is 2.38. The molecule has 13 rings (SSSR count). The van der Waals surface area contributed by atoms with Crippen LogP contribution in [0.1, 0.15) is 22.3 Å². The summed E-state index contributed by atoms with van der Waals surface area (Å²) in [6.45, 7) is 0. The van der Waals surface area contributed by atoms with Crippen molar-refractivity contribution in [2.24, 2.45) is 0 Å². The molecule has 2 heteroatoms. The van der Waals surface area contributed by atoms with Crippen LogP contribution >= 0.6 is 0 Å². The molecule has 0 N–H and O–H groups in total. The van der Waals surface area contributed by atoms with Gasteiger partial charge >= 0.3 is 0 Å². The summed E-state index contributed by atoms with van der Waals surface area (Å²) in [6, 6.07) is 90.7. The van der Waals surface area contributed by atoms with Gasteiger partial charge in [0.2, 0.25) is 0 Å². The van der Waals surface area contributed by atoms with E-state index in [0.29, 0.717) is 0 Å². The quantitative estimate of drug-likeness (QED) is 0.149. The third-order valence-corrected chi connectivity index (χ3v) is 13.8. The van der Waals surface area contributed by atoms with E-state index in [1.165, 1.54) is 66.2 Å². The minimum atomic E-state index is -0.465. The summed E-state index contributed by atoms with van der Waals surface area (Å²) in [7, 11) is 0. The second kappa shape index (κ2) is 14.8. The van der Waals surface area contributed by atoms with Crippen molar-refractivity contribution in [1.82, 2.24) is 0 Å². The lowest BCUT2D eigenvalue weighted by atomic mass is 9.68. The molecular formula is C63H41NO. The molecule has 1 heterocycles. The molecule has 12 aromatic rings. The lowest BCUT2D eigenvalue weighted by Crippen LogP contribution is -2.28. The summed E-state index contributed by atoms with van der Waals surface area (Å²) >= 11 is 0. The molecule has 0 saturated heterocycles. The summed E-state index contributed by atoms with van der Waals surface area (Å²) in [5.41, 5.74) is 17.0. The van der Waals surface area contributed by atoms with E-state index in [1.54, 1.807) is 0 Å². The number of hydrogen-bond acceptors (Lipinski definition) is 2. The largest absolute Gasteiger partial charge is 0.455 e. The first kappa shape index (κ1) is 37.1. The Balaban J connectivity index is 0.960. The molecule has 1 aliphatic carbocycles. The monoisotopic (exact) mass is 827 g/mol. The first-order valence-corrected chi connectivity index (χ1v) is 22.4. The fourth-order valence-corrected chi connectivity index (χ4v) is 10.8. The fraction of sp³-hybridized carbons (Fsp3) is 0.0159. The molecule has 1 aromatic heterocycles. The predicted octanol–water partition coefficient (Wildman–Crippen LogP) is 17.1. The van der Waals surface area contributed by atoms with Crippen LogP contribution in [0.15, 0.2) is 253 Å². The standard InChI is InChI=1S/C63H41NO/c1-3-15-42(16-4-1)43-27-33-48(34-28-43)64(50-37-31-47(32-38-50)63(46-18-5-2-6-19-46)58-24-12-9-21-52(58)53-22-10-13-25-59(53)63)49-35-29-44(30-36-49)57-41-45-17-7-8-20-51(45)61-55(57)39-40-56-54-23-11-14-26-60(54)65-62(56)61/h1-41H. The average Bonchev–Trinajstić information content (AvgIpc) is 3.92. The molecule has 0 bridgehead atoms. The smallest absolute Gasteiger partial charge is 0.143 e. The van der Waals surface area contributed by atoms with Gasteiger partial charge < -0.3 is 9.32 Å². The van der Waals surface area contributed by atoms with Gasteiger partial charge in [0.15, 0.2) is 0 Å². The van der Waals surface area contributed by atoms with Crippen molar-refractivity contribution >= 4 is 60.5 Å². The molecule has 0 fully saturated rings. The molecule has 65 heavy (non-hydrogen) atoms. The predicted molar refractivity (Wildman–Crippen MR) is 272 cm³/mol. The minimum Gasteiger partial charge on any atom is -0.455 e. The summed E-state index contributed by atoms with van der Waals surface area (Å²) in [6.07, 6.45) is 0. The van der Waals surface area contributed by atoms with E-state index in [1.807, 2.05) is 6.07 Å². The number of furan rings is 1. The Morgan fingerprint density at radius 1 is 0.323 bits per heavy atom. The van der Waals surface area contributed by atoms with Gasteiger partial charge in [-0.05, 0) is 126 Å². The average molecular weight is 828 g/mol. The van der Waals surface area contributed by atoms with Crippen LogP contribution in [-0.4, -0.2) is 0 Å². The van der Waals surface area contributed by atoms with Crippen molar-refractivity contribution in [3.8, 4) is 33.4 Å². The second-order valence-corrected chi connectivity index (χ2v) is 17.2. The highest BCUT2D eigenvalue weighted by molar-refractivity contribution is 6.26. The van der Waals surface area contributed by atoms with Crippen molar-refractivity contribution in [2.45, 2.75) is 5.41 Å². The van der Waals surface area contributed by atoms with Crippen molar-refractivity contribution in [3.05, 3.63) is 271 Å². The van der Waals surface area contributed by atoms with E-state index < -0.39 is 5.41 Å². The van der Waals surface area contributed by atoms with Crippen LogP contribution in [0.25, 0.3) is 76.9 Å². The Morgan fingerprint density at radius 2 is 0.815 bits per heavy atom. The molecule has 304 valence electrons. The number of para-hydroxylation sites is 1. The van der Waals surface area contributed by atoms with Crippen LogP contribution in [-0.2, 0) is 5.41 Å². The van der Waals surface area contributed by atoms with E-state index >= 15 is 0 Å². The molecule has 11 aromatic carbocycles. The number of benzene rings is 11. The maximum absolute atomic E-state index is 6.65. The maximum Gasteiger partial charge on any atom is 0.143 e. The van der Waals surface area contributed by atoms with Crippen LogP contribution in [0.4, 0.5) is 17.1 Å². The van der Waals surface area contributed by atoms with Crippen LogP contribution < -0.4 is 4.90 Å². The van der Waals surface area contributed by atoms with Crippen LogP contribution in [0.2, 0.25) is 0 Å². The Kier molecular flexibility index (Phi) is 8.47. The second-order valence-electron chi connectivity index (χ2n) is 17.2. The van der Waals surface area contributed by atoms with Crippen LogP contribution in [0, 0.1) is 0 Å². The minimum absolute atomic E-state index is 0.465. The summed E-state index contributed by atoms with van der Waals surface area (Å²) in [5, 5.41) is 6.99. The van der Waals surface area contributed by atoms with Crippen LogP contribution in [0.5, 0.6) is 0 Å². The van der Waals surface area contributed by atoms with Gasteiger partial charge in [0.25, 0.3) is 0 Å². The highest BCUT2D eigenvalue weighted by Crippen LogP contribution is 2.56. The summed E-state index contributed by atoms with van der Waals surface area (Å²) in [5.74, 6) is 0. The zero-order valence-electron chi connectivity index (χ0n) is 35.5. The molecule has 0 radical (unpaired) electrons. The molecule has 0 spiro atoms. The van der Waals surface area contributed by atoms with Crippen LogP contribution in [0.3, 0.4) is 0 Å². The number of fused-ring (bicyclic) bond motifs is 10. The van der Waals surface area contributed by atoms with E-state index in [2.05, 4.69) is 248 Å². The van der Waals surface area contributed by atoms with Gasteiger partial charge in [-0.25, -0.2) is 0 Å². The van der Waals surface area contributed by atoms with Crippen molar-refractivity contribution in [3.63, 3.8) is 0 Å². The number of anilines is 3. The van der Waals surface area contributed by atoms with Gasteiger partial charge in [-0.15, -0.1) is 0 Å². The van der Waals surface area contributed by atoms with E-state index in [0.717, 1.165) is 50.0 Å². The molecular weight excluding hydrogens is 787 g/mol. The molecule has 0 amide bonds. The molecule has 0 unspecified atom stereocenters. The van der Waals surface area contributed by atoms with Gasteiger partial charge in [-0.3, -0.25) is 0 Å². The first-order chi connectivity index (χ1) is 32.2. The fourth-order valence-electron chi connectivity index (χ4n) is 10.8. The normalized spacial score (nSPS) is 12.7. The van der Waals surface area contributed by atoms with E-state index in [4.69, 9.17) is 4.42 Å². The first-order valence-electron chi connectivity index (χ1n) is 22.4. The Morgan fingerprint density at radius 3 is 1.49 bits per heavy atom. The van der Waals surface area contributed by atoms with Gasteiger partial charge in [0, 0.05) is 33.2 Å². The Bertz CT molecular complexity index is 3690. The highest BCUT2D eigenvalue weighted by Gasteiger charge is 2.45. The zero-order chi connectivity index (χ0) is 42.9. The van der Waals surface area contributed by atoms with Gasteiger partial charge in [-0.1, -0.05) is 194 Å². The third kappa shape index (κ3) is 5.74. The van der Waals surface area contributed by atoms with Gasteiger partial charge in [-0.2, -0.15) is 0 Å². The van der Waals surface area contributed by atoms with Crippen molar-refractivity contribution < 1.29 is 4.42 Å². The Hall–Kier alpha value is -8.46. The van der Waals surface area contributed by atoms with Gasteiger partial charge in [0.1, 0.15) is 11.2 Å². The molecule has 2 nitrogen and oxygen atoms in total. The highest BCUT2D eigenvalue weighted by atomic mass is 16.3. The van der Waals surface area contributed by atoms with E-state index in [-0.39, 0.29) is 0 Å². The lowest BCUT2D eigenvalue weighted by molar-refractivity contribution is 0.673. The number of rotatable bonds is 7. The van der Waals surface area contributed by atoms with E-state index in [9.17, 15) is 0 Å². The summed E-state index contributed by atoms with van der Waals surface area (Å²) < 4.78 is 6.65.